The Morgan fingerprint density at radius 2 is 2.05 bits per heavy atom. The molecule has 0 heterocycles. The van der Waals surface area contributed by atoms with Gasteiger partial charge >= 0.3 is 0 Å². The lowest BCUT2D eigenvalue weighted by molar-refractivity contribution is 0.0570. The fourth-order valence-electron chi connectivity index (χ4n) is 2.59. The number of aliphatic hydroxyl groups is 1. The van der Waals surface area contributed by atoms with Gasteiger partial charge in [-0.25, -0.2) is 0 Å². The summed E-state index contributed by atoms with van der Waals surface area (Å²) in [6.07, 6.45) is 8.18. The Morgan fingerprint density at radius 1 is 1.33 bits per heavy atom. The minimum atomic E-state index is -0.614. The fraction of sp³-hybridized carbons (Fsp3) is 0.389. The van der Waals surface area contributed by atoms with Crippen molar-refractivity contribution in [2.75, 3.05) is 7.11 Å². The van der Waals surface area contributed by atoms with Crippen molar-refractivity contribution in [3.05, 3.63) is 59.9 Å². The number of rotatable bonds is 6. The maximum Gasteiger partial charge on any atom is 0.177 e. The van der Waals surface area contributed by atoms with Crippen molar-refractivity contribution in [1.82, 2.24) is 0 Å². The zero-order valence-electron chi connectivity index (χ0n) is 12.6. The van der Waals surface area contributed by atoms with E-state index in [0.717, 1.165) is 19.3 Å². The van der Waals surface area contributed by atoms with E-state index in [9.17, 15) is 9.90 Å². The molecule has 0 aliphatic heterocycles. The zero-order chi connectivity index (χ0) is 15.3. The van der Waals surface area contributed by atoms with Gasteiger partial charge in [-0.1, -0.05) is 62.2 Å². The second-order valence-electron chi connectivity index (χ2n) is 5.40. The summed E-state index contributed by atoms with van der Waals surface area (Å²) >= 11 is 0. The van der Waals surface area contributed by atoms with E-state index < -0.39 is 11.5 Å². The number of methoxy groups -OCH3 is 1. The molecule has 3 nitrogen and oxygen atoms in total. The third kappa shape index (κ3) is 3.42. The van der Waals surface area contributed by atoms with Crippen LogP contribution >= 0.6 is 0 Å². The highest BCUT2D eigenvalue weighted by Gasteiger charge is 2.33. The molecule has 0 saturated carbocycles. The average Bonchev–Trinajstić information content (AvgIpc) is 2.53. The first-order valence-corrected chi connectivity index (χ1v) is 7.37. The Morgan fingerprint density at radius 3 is 2.62 bits per heavy atom. The van der Waals surface area contributed by atoms with Crippen molar-refractivity contribution in [3.63, 3.8) is 0 Å². The van der Waals surface area contributed by atoms with Crippen molar-refractivity contribution in [2.24, 2.45) is 5.92 Å². The first-order valence-electron chi connectivity index (χ1n) is 7.37. The fourth-order valence-corrected chi connectivity index (χ4v) is 2.59. The second kappa shape index (κ2) is 6.72. The number of carbonyl (C=O) groups is 1. The topological polar surface area (TPSA) is 46.5 Å². The number of Topliss-reactive ketones (excluding diaryl/α,β-unsaturated/α-hetero) is 1. The van der Waals surface area contributed by atoms with Crippen LogP contribution in [-0.2, 0) is 4.74 Å². The number of ketones is 1. The van der Waals surface area contributed by atoms with Crippen molar-refractivity contribution < 1.29 is 14.6 Å². The molecule has 1 aromatic carbocycles. The largest absolute Gasteiger partial charge is 0.511 e. The van der Waals surface area contributed by atoms with Gasteiger partial charge in [0.1, 0.15) is 11.4 Å². The standard InChI is InChI=1S/C18H22O3/c1-3-4-11-18(21-2)12-10-15(16(19)13-18)17(20)14-8-6-5-7-9-14/h5-10,12-13,15,19H,3-4,11H2,1-2H3. The molecule has 0 spiro atoms. The van der Waals surface area contributed by atoms with E-state index in [1.165, 1.54) is 0 Å². The van der Waals surface area contributed by atoms with E-state index in [-0.39, 0.29) is 11.5 Å². The quantitative estimate of drug-likeness (QED) is 0.633. The third-order valence-electron chi connectivity index (χ3n) is 3.92. The van der Waals surface area contributed by atoms with Crippen LogP contribution in [0.3, 0.4) is 0 Å². The minimum Gasteiger partial charge on any atom is -0.511 e. The van der Waals surface area contributed by atoms with Gasteiger partial charge in [0.05, 0.1) is 5.92 Å². The van der Waals surface area contributed by atoms with E-state index >= 15 is 0 Å². The summed E-state index contributed by atoms with van der Waals surface area (Å²) in [5.74, 6) is -0.637. The molecule has 1 aliphatic rings. The summed E-state index contributed by atoms with van der Waals surface area (Å²) < 4.78 is 5.55. The molecule has 21 heavy (non-hydrogen) atoms. The molecular formula is C18H22O3. The number of carbonyl (C=O) groups excluding carboxylic acids is 1. The normalized spacial score (nSPS) is 24.7. The summed E-state index contributed by atoms with van der Waals surface area (Å²) in [7, 11) is 1.63. The number of aliphatic hydroxyl groups excluding tert-OH is 1. The van der Waals surface area contributed by atoms with Gasteiger partial charge < -0.3 is 9.84 Å². The predicted octanol–water partition coefficient (Wildman–Crippen LogP) is 4.07. The third-order valence-corrected chi connectivity index (χ3v) is 3.92. The van der Waals surface area contributed by atoms with E-state index in [1.807, 2.05) is 24.3 Å². The van der Waals surface area contributed by atoms with Crippen molar-refractivity contribution in [3.8, 4) is 0 Å². The lowest BCUT2D eigenvalue weighted by Gasteiger charge is -2.30. The Hall–Kier alpha value is -1.87. The van der Waals surface area contributed by atoms with Crippen LogP contribution < -0.4 is 0 Å². The summed E-state index contributed by atoms with van der Waals surface area (Å²) in [6.45, 7) is 2.11. The first-order chi connectivity index (χ1) is 10.1. The number of unbranched alkanes of at least 4 members (excludes halogenated alkanes) is 1. The Balaban J connectivity index is 2.20. The molecule has 2 rings (SSSR count). The Bertz CT molecular complexity index is 545. The molecule has 0 fully saturated rings. The van der Waals surface area contributed by atoms with Gasteiger partial charge in [-0.2, -0.15) is 0 Å². The molecule has 0 radical (unpaired) electrons. The van der Waals surface area contributed by atoms with Gasteiger partial charge in [0.15, 0.2) is 5.78 Å². The Kier molecular flexibility index (Phi) is 4.97. The van der Waals surface area contributed by atoms with Crippen LogP contribution in [0.5, 0.6) is 0 Å². The molecule has 0 saturated heterocycles. The minimum absolute atomic E-state index is 0.0734. The smallest absolute Gasteiger partial charge is 0.177 e. The molecule has 1 aliphatic carbocycles. The highest BCUT2D eigenvalue weighted by atomic mass is 16.5. The number of hydrogen-bond acceptors (Lipinski definition) is 3. The van der Waals surface area contributed by atoms with E-state index in [0.29, 0.717) is 5.56 Å². The van der Waals surface area contributed by atoms with Gasteiger partial charge in [-0.05, 0) is 12.5 Å². The molecule has 112 valence electrons. The molecule has 1 aromatic rings. The van der Waals surface area contributed by atoms with Crippen LogP contribution in [0.4, 0.5) is 0 Å². The van der Waals surface area contributed by atoms with Crippen LogP contribution in [-0.4, -0.2) is 23.6 Å². The maximum absolute atomic E-state index is 12.4. The summed E-state index contributed by atoms with van der Waals surface area (Å²) in [5.41, 5.74) is 0.0127. The van der Waals surface area contributed by atoms with E-state index in [1.54, 1.807) is 31.4 Å². The van der Waals surface area contributed by atoms with Gasteiger partial charge in [0.25, 0.3) is 0 Å². The zero-order valence-corrected chi connectivity index (χ0v) is 12.6. The molecule has 3 heteroatoms. The second-order valence-corrected chi connectivity index (χ2v) is 5.40. The van der Waals surface area contributed by atoms with E-state index in [4.69, 9.17) is 4.74 Å². The molecule has 0 bridgehead atoms. The number of benzene rings is 1. The highest BCUT2D eigenvalue weighted by molar-refractivity contribution is 6.00. The van der Waals surface area contributed by atoms with Crippen molar-refractivity contribution in [1.29, 1.82) is 0 Å². The average molecular weight is 286 g/mol. The van der Waals surface area contributed by atoms with Crippen molar-refractivity contribution >= 4 is 5.78 Å². The number of allylic oxidation sites excluding steroid dienone is 1. The van der Waals surface area contributed by atoms with Gasteiger partial charge in [-0.15, -0.1) is 0 Å². The van der Waals surface area contributed by atoms with Gasteiger partial charge in [0, 0.05) is 12.7 Å². The first kappa shape index (κ1) is 15.5. The molecule has 0 amide bonds. The molecule has 2 atom stereocenters. The van der Waals surface area contributed by atoms with Gasteiger partial charge in [-0.3, -0.25) is 4.79 Å². The summed E-state index contributed by atoms with van der Waals surface area (Å²) in [5, 5.41) is 10.3. The molecule has 1 N–H and O–H groups in total. The van der Waals surface area contributed by atoms with Crippen LogP contribution in [0, 0.1) is 5.92 Å². The van der Waals surface area contributed by atoms with E-state index in [2.05, 4.69) is 6.92 Å². The molecule has 0 aromatic heterocycles. The number of hydrogen-bond donors (Lipinski definition) is 1. The van der Waals surface area contributed by atoms with Crippen molar-refractivity contribution in [2.45, 2.75) is 31.8 Å². The SMILES string of the molecule is CCCCC1(OC)C=CC(C(=O)c2ccccc2)C(O)=C1. The predicted molar refractivity (Wildman–Crippen MR) is 83.4 cm³/mol. The van der Waals surface area contributed by atoms with Crippen LogP contribution in [0.2, 0.25) is 0 Å². The monoisotopic (exact) mass is 286 g/mol. The summed E-state index contributed by atoms with van der Waals surface area (Å²) in [4.78, 5) is 12.4. The number of ether oxygens (including phenoxy) is 1. The lowest BCUT2D eigenvalue weighted by atomic mass is 9.84. The summed E-state index contributed by atoms with van der Waals surface area (Å²) in [6, 6.07) is 9.03. The van der Waals surface area contributed by atoms with Crippen LogP contribution in [0.1, 0.15) is 36.5 Å². The Labute approximate surface area is 125 Å². The molecular weight excluding hydrogens is 264 g/mol. The molecule has 2 unspecified atom stereocenters. The van der Waals surface area contributed by atoms with Crippen LogP contribution in [0.15, 0.2) is 54.3 Å². The van der Waals surface area contributed by atoms with Crippen LogP contribution in [0.25, 0.3) is 0 Å². The maximum atomic E-state index is 12.4. The highest BCUT2D eigenvalue weighted by Crippen LogP contribution is 2.32. The lowest BCUT2D eigenvalue weighted by Crippen LogP contribution is -2.32. The van der Waals surface area contributed by atoms with Gasteiger partial charge in [0.2, 0.25) is 0 Å².